The third-order valence-corrected chi connectivity index (χ3v) is 2.53. The number of methoxy groups -OCH3 is 1. The molecule has 106 valence electrons. The molecule has 1 aromatic carbocycles. The van der Waals surface area contributed by atoms with Gasteiger partial charge in [-0.1, -0.05) is 6.07 Å². The second kappa shape index (κ2) is 5.99. The zero-order valence-electron chi connectivity index (χ0n) is 9.93. The second-order valence-electron chi connectivity index (χ2n) is 3.79. The Kier molecular flexibility index (Phi) is 4.85. The molecule has 0 aliphatic heterocycles. The molecule has 0 unspecified atom stereocenters. The highest BCUT2D eigenvalue weighted by Crippen LogP contribution is 2.33. The molecule has 0 saturated carbocycles. The van der Waals surface area contributed by atoms with Gasteiger partial charge in [-0.25, -0.2) is 8.78 Å². The van der Waals surface area contributed by atoms with Gasteiger partial charge in [0.2, 0.25) is 0 Å². The lowest BCUT2D eigenvalue weighted by atomic mass is 10.00. The van der Waals surface area contributed by atoms with Gasteiger partial charge in [0.25, 0.3) is 6.43 Å². The van der Waals surface area contributed by atoms with Gasteiger partial charge in [-0.2, -0.15) is 13.2 Å². The maximum absolute atomic E-state index is 12.7. The number of rotatable bonds is 4. The quantitative estimate of drug-likeness (QED) is 0.621. The summed E-state index contributed by atoms with van der Waals surface area (Å²) in [6.45, 7) is 0. The summed E-state index contributed by atoms with van der Waals surface area (Å²) in [7, 11) is 1.14. The summed E-state index contributed by atoms with van der Waals surface area (Å²) in [4.78, 5) is 10.9. The van der Waals surface area contributed by atoms with E-state index in [-0.39, 0.29) is 18.4 Å². The van der Waals surface area contributed by atoms with E-state index in [4.69, 9.17) is 0 Å². The molecule has 0 aliphatic rings. The fourth-order valence-corrected chi connectivity index (χ4v) is 1.54. The fourth-order valence-electron chi connectivity index (χ4n) is 1.54. The Hall–Kier alpha value is -1.66. The third-order valence-electron chi connectivity index (χ3n) is 2.53. The van der Waals surface area contributed by atoms with Gasteiger partial charge < -0.3 is 4.74 Å². The van der Waals surface area contributed by atoms with Crippen molar-refractivity contribution in [1.29, 1.82) is 0 Å². The predicted octanol–water partition coefficient (Wildman–Crippen LogP) is 3.75. The highest BCUT2D eigenvalue weighted by Gasteiger charge is 2.31. The highest BCUT2D eigenvalue weighted by molar-refractivity contribution is 5.69. The van der Waals surface area contributed by atoms with Crippen molar-refractivity contribution in [3.8, 4) is 0 Å². The lowest BCUT2D eigenvalue weighted by molar-refractivity contribution is -0.140. The molecule has 7 heteroatoms. The summed E-state index contributed by atoms with van der Waals surface area (Å²) >= 11 is 0. The van der Waals surface area contributed by atoms with Crippen molar-refractivity contribution in [2.75, 3.05) is 7.11 Å². The van der Waals surface area contributed by atoms with Crippen LogP contribution in [0.1, 0.15) is 29.5 Å². The minimum Gasteiger partial charge on any atom is -0.469 e. The fraction of sp³-hybridized carbons (Fsp3) is 0.417. The van der Waals surface area contributed by atoms with Crippen LogP contribution in [0, 0.1) is 0 Å². The molecule has 0 bridgehead atoms. The van der Waals surface area contributed by atoms with Crippen LogP contribution in [0.25, 0.3) is 0 Å². The Balaban J connectivity index is 3.02. The zero-order valence-corrected chi connectivity index (χ0v) is 9.93. The van der Waals surface area contributed by atoms with Gasteiger partial charge in [-0.3, -0.25) is 4.79 Å². The molecule has 0 spiro atoms. The number of ether oxygens (including phenoxy) is 1. The zero-order chi connectivity index (χ0) is 14.6. The normalized spacial score (nSPS) is 11.7. The number of alkyl halides is 5. The smallest absolute Gasteiger partial charge is 0.416 e. The first-order valence-electron chi connectivity index (χ1n) is 5.30. The summed E-state index contributed by atoms with van der Waals surface area (Å²) in [6.07, 6.45) is -7.97. The van der Waals surface area contributed by atoms with E-state index in [9.17, 15) is 26.7 Å². The molecule has 0 radical (unpaired) electrons. The van der Waals surface area contributed by atoms with Crippen LogP contribution < -0.4 is 0 Å². The number of esters is 1. The average molecular weight is 282 g/mol. The molecule has 0 aromatic heterocycles. The summed E-state index contributed by atoms with van der Waals surface area (Å²) in [6, 6.07) is 2.10. The van der Waals surface area contributed by atoms with Crippen LogP contribution in [0.15, 0.2) is 18.2 Å². The number of hydrogen-bond acceptors (Lipinski definition) is 2. The Morgan fingerprint density at radius 1 is 1.32 bits per heavy atom. The van der Waals surface area contributed by atoms with Crippen molar-refractivity contribution in [2.45, 2.75) is 25.4 Å². The minimum absolute atomic E-state index is 0.00778. The molecule has 0 N–H and O–H groups in total. The van der Waals surface area contributed by atoms with Gasteiger partial charge in [0.1, 0.15) is 0 Å². The van der Waals surface area contributed by atoms with E-state index >= 15 is 0 Å². The van der Waals surface area contributed by atoms with Crippen LogP contribution in [-0.4, -0.2) is 13.1 Å². The summed E-state index contributed by atoms with van der Waals surface area (Å²) in [5.74, 6) is -0.611. The SMILES string of the molecule is COC(=O)CCc1ccc(C(F)(F)F)cc1C(F)F. The van der Waals surface area contributed by atoms with Crippen molar-refractivity contribution in [2.24, 2.45) is 0 Å². The molecular formula is C12H11F5O2. The van der Waals surface area contributed by atoms with E-state index in [0.717, 1.165) is 19.2 Å². The van der Waals surface area contributed by atoms with Crippen LogP contribution in [-0.2, 0) is 22.1 Å². The predicted molar refractivity (Wildman–Crippen MR) is 56.7 cm³/mol. The van der Waals surface area contributed by atoms with Crippen LogP contribution in [0.3, 0.4) is 0 Å². The lowest BCUT2D eigenvalue weighted by Crippen LogP contribution is -2.08. The van der Waals surface area contributed by atoms with Gasteiger partial charge in [-0.05, 0) is 24.1 Å². The Bertz CT molecular complexity index is 454. The summed E-state index contributed by atoms with van der Waals surface area (Å²) in [5, 5.41) is 0. The molecule has 19 heavy (non-hydrogen) atoms. The van der Waals surface area contributed by atoms with Crippen molar-refractivity contribution in [1.82, 2.24) is 0 Å². The van der Waals surface area contributed by atoms with Crippen LogP contribution in [0.2, 0.25) is 0 Å². The number of carbonyl (C=O) groups is 1. The molecule has 1 rings (SSSR count). The van der Waals surface area contributed by atoms with Crippen LogP contribution >= 0.6 is 0 Å². The second-order valence-corrected chi connectivity index (χ2v) is 3.79. The van der Waals surface area contributed by atoms with Gasteiger partial charge in [0, 0.05) is 12.0 Å². The van der Waals surface area contributed by atoms with Crippen LogP contribution in [0.4, 0.5) is 22.0 Å². The van der Waals surface area contributed by atoms with E-state index in [0.29, 0.717) is 6.07 Å². The number of halogens is 5. The van der Waals surface area contributed by atoms with Crippen molar-refractivity contribution in [3.63, 3.8) is 0 Å². The molecule has 0 aliphatic carbocycles. The van der Waals surface area contributed by atoms with Crippen molar-refractivity contribution in [3.05, 3.63) is 34.9 Å². The minimum atomic E-state index is -4.68. The first kappa shape index (κ1) is 15.4. The first-order valence-corrected chi connectivity index (χ1v) is 5.30. The third kappa shape index (κ3) is 4.18. The molecule has 1 aromatic rings. The standard InChI is InChI=1S/C12H11F5O2/c1-19-10(18)5-3-7-2-4-8(12(15,16)17)6-9(7)11(13)14/h2,4,6,11H,3,5H2,1H3. The number of aryl methyl sites for hydroxylation is 1. The number of hydrogen-bond donors (Lipinski definition) is 0. The maximum atomic E-state index is 12.7. The van der Waals surface area contributed by atoms with Crippen molar-refractivity contribution >= 4 is 5.97 Å². The summed E-state index contributed by atoms with van der Waals surface area (Å²) < 4.78 is 67.0. The maximum Gasteiger partial charge on any atom is 0.416 e. The van der Waals surface area contributed by atoms with Gasteiger partial charge in [0.05, 0.1) is 12.7 Å². The molecule has 0 heterocycles. The molecule has 0 fully saturated rings. The van der Waals surface area contributed by atoms with E-state index in [1.165, 1.54) is 0 Å². The highest BCUT2D eigenvalue weighted by atomic mass is 19.4. The monoisotopic (exact) mass is 282 g/mol. The molecule has 2 nitrogen and oxygen atoms in total. The average Bonchev–Trinajstić information content (AvgIpc) is 2.34. The van der Waals surface area contributed by atoms with E-state index in [2.05, 4.69) is 4.74 Å². The number of carbonyl (C=O) groups excluding carboxylic acids is 1. The van der Waals surface area contributed by atoms with E-state index < -0.39 is 29.7 Å². The molecule has 0 amide bonds. The topological polar surface area (TPSA) is 26.3 Å². The van der Waals surface area contributed by atoms with Gasteiger partial charge >= 0.3 is 12.1 Å². The molecule has 0 atom stereocenters. The molecule has 0 saturated heterocycles. The lowest BCUT2D eigenvalue weighted by Gasteiger charge is -2.12. The number of benzene rings is 1. The Morgan fingerprint density at radius 2 is 1.95 bits per heavy atom. The Morgan fingerprint density at radius 3 is 2.42 bits per heavy atom. The first-order chi connectivity index (χ1) is 8.75. The van der Waals surface area contributed by atoms with E-state index in [1.54, 1.807) is 0 Å². The van der Waals surface area contributed by atoms with Gasteiger partial charge in [0.15, 0.2) is 0 Å². The van der Waals surface area contributed by atoms with E-state index in [1.807, 2.05) is 0 Å². The summed E-state index contributed by atoms with van der Waals surface area (Å²) in [5.41, 5.74) is -1.84. The van der Waals surface area contributed by atoms with Crippen molar-refractivity contribution < 1.29 is 31.5 Å². The molecular weight excluding hydrogens is 271 g/mol. The van der Waals surface area contributed by atoms with Crippen LogP contribution in [0.5, 0.6) is 0 Å². The van der Waals surface area contributed by atoms with Gasteiger partial charge in [-0.15, -0.1) is 0 Å². The largest absolute Gasteiger partial charge is 0.469 e. The Labute approximate surface area is 106 Å².